The summed E-state index contributed by atoms with van der Waals surface area (Å²) < 4.78 is 22.7. The molecule has 9 heteroatoms. The first-order valence-corrected chi connectivity index (χ1v) is 31.5. The summed E-state index contributed by atoms with van der Waals surface area (Å²) >= 11 is 0. The number of esters is 2. The van der Waals surface area contributed by atoms with Crippen molar-refractivity contribution in [2.45, 2.75) is 322 Å². The summed E-state index contributed by atoms with van der Waals surface area (Å²) in [4.78, 5) is 37.3. The molecule has 0 rings (SSSR count). The Kier molecular flexibility index (Phi) is 54.3. The number of aliphatic carboxylic acids is 1. The predicted octanol–water partition coefficient (Wildman–Crippen LogP) is 17.4. The molecule has 0 spiro atoms. The molecule has 0 aromatic rings. The third-order valence-corrected chi connectivity index (χ3v) is 14.2. The number of quaternary nitrogens is 1. The number of allylic oxidation sites excluding steroid dienone is 4. The second kappa shape index (κ2) is 56.0. The number of carbonyl (C=O) groups excluding carboxylic acids is 3. The number of likely N-dealkylation sites (N-methyl/N-ethyl adjacent to an activating group) is 1. The molecule has 0 heterocycles. The molecule has 2 atom stereocenters. The van der Waals surface area contributed by atoms with Gasteiger partial charge in [0.05, 0.1) is 40.3 Å². The van der Waals surface area contributed by atoms with Crippen LogP contribution in [0.15, 0.2) is 24.3 Å². The molecule has 0 radical (unpaired) electrons. The van der Waals surface area contributed by atoms with Crippen molar-refractivity contribution in [2.24, 2.45) is 0 Å². The number of hydrogen-bond donors (Lipinski definition) is 0. The summed E-state index contributed by atoms with van der Waals surface area (Å²) in [5.74, 6) is -2.27. The van der Waals surface area contributed by atoms with Crippen molar-refractivity contribution >= 4 is 17.9 Å². The smallest absolute Gasteiger partial charge is 0.306 e. The minimum absolute atomic E-state index is 0.148. The summed E-state index contributed by atoms with van der Waals surface area (Å²) in [5.41, 5.74) is 0. The highest BCUT2D eigenvalue weighted by molar-refractivity contribution is 5.70. The predicted molar refractivity (Wildman–Crippen MR) is 306 cm³/mol. The van der Waals surface area contributed by atoms with Crippen LogP contribution in [0.2, 0.25) is 0 Å². The van der Waals surface area contributed by atoms with Gasteiger partial charge in [-0.05, 0) is 44.9 Å². The molecule has 0 saturated carbocycles. The Balaban J connectivity index is 4.06. The van der Waals surface area contributed by atoms with Crippen LogP contribution in [0, 0.1) is 0 Å². The van der Waals surface area contributed by atoms with Crippen LogP contribution in [0.4, 0.5) is 0 Å². The second-order valence-electron chi connectivity index (χ2n) is 22.7. The zero-order valence-corrected chi connectivity index (χ0v) is 49.0. The maximum atomic E-state index is 12.8. The second-order valence-corrected chi connectivity index (χ2v) is 22.7. The summed E-state index contributed by atoms with van der Waals surface area (Å²) in [6, 6.07) is 0. The van der Waals surface area contributed by atoms with E-state index >= 15 is 0 Å². The molecule has 2 unspecified atom stereocenters. The van der Waals surface area contributed by atoms with E-state index in [0.29, 0.717) is 23.9 Å². The van der Waals surface area contributed by atoms with Gasteiger partial charge in [-0.3, -0.25) is 9.59 Å². The van der Waals surface area contributed by atoms with Gasteiger partial charge >= 0.3 is 11.9 Å². The molecule has 0 N–H and O–H groups in total. The summed E-state index contributed by atoms with van der Waals surface area (Å²) in [5, 5.41) is 11.8. The Morgan fingerprint density at radius 2 is 0.740 bits per heavy atom. The summed E-state index contributed by atoms with van der Waals surface area (Å²) in [7, 11) is 5.93. The van der Waals surface area contributed by atoms with Gasteiger partial charge in [0.15, 0.2) is 12.4 Å². The molecule has 0 aliphatic carbocycles. The van der Waals surface area contributed by atoms with Crippen LogP contribution < -0.4 is 5.11 Å². The maximum absolute atomic E-state index is 12.8. The lowest BCUT2D eigenvalue weighted by atomic mass is 10.0. The fourth-order valence-corrected chi connectivity index (χ4v) is 9.33. The SMILES string of the molecule is CCCCC/C=C\C/C=C\CCCCCCCCCC(=O)OC(COC(=O)CCCCCCCCCCCCCCCCCCCCCCCCCCCCCCCCC)COC(OCC[N+](C)(C)C)C(=O)[O-]. The summed E-state index contributed by atoms with van der Waals surface area (Å²) in [6.45, 7) is 4.76. The van der Waals surface area contributed by atoms with Crippen LogP contribution >= 0.6 is 0 Å². The quantitative estimate of drug-likeness (QED) is 0.0195. The van der Waals surface area contributed by atoms with E-state index in [1.807, 2.05) is 21.1 Å². The molecule has 430 valence electrons. The van der Waals surface area contributed by atoms with Crippen molar-refractivity contribution in [3.05, 3.63) is 24.3 Å². The fourth-order valence-electron chi connectivity index (χ4n) is 9.33. The molecule has 0 aliphatic heterocycles. The average molecular weight is 1030 g/mol. The van der Waals surface area contributed by atoms with Gasteiger partial charge in [0, 0.05) is 12.8 Å². The first-order chi connectivity index (χ1) is 35.6. The lowest BCUT2D eigenvalue weighted by Gasteiger charge is -2.26. The lowest BCUT2D eigenvalue weighted by Crippen LogP contribution is -2.44. The maximum Gasteiger partial charge on any atom is 0.306 e. The lowest BCUT2D eigenvalue weighted by molar-refractivity contribution is -0.870. The van der Waals surface area contributed by atoms with Crippen LogP contribution in [-0.4, -0.2) is 82.3 Å². The molecule has 9 nitrogen and oxygen atoms in total. The van der Waals surface area contributed by atoms with Crippen LogP contribution in [0.25, 0.3) is 0 Å². The number of carboxylic acid groups (broad SMARTS) is 1. The van der Waals surface area contributed by atoms with Crippen molar-refractivity contribution in [1.82, 2.24) is 0 Å². The molecule has 0 aliphatic rings. The Bertz CT molecular complexity index is 1250. The van der Waals surface area contributed by atoms with Gasteiger partial charge in [0.25, 0.3) is 0 Å². The minimum atomic E-state index is -1.62. The van der Waals surface area contributed by atoms with Gasteiger partial charge in [-0.2, -0.15) is 0 Å². The van der Waals surface area contributed by atoms with E-state index in [1.165, 1.54) is 225 Å². The zero-order valence-electron chi connectivity index (χ0n) is 49.0. The number of unbranched alkanes of at least 4 members (excludes halogenated alkanes) is 40. The van der Waals surface area contributed by atoms with Crippen molar-refractivity contribution in [3.63, 3.8) is 0 Å². The molecule has 0 aromatic heterocycles. The number of carbonyl (C=O) groups is 3. The topological polar surface area (TPSA) is 111 Å². The van der Waals surface area contributed by atoms with E-state index in [1.54, 1.807) is 0 Å². The Morgan fingerprint density at radius 1 is 0.411 bits per heavy atom. The normalized spacial score (nSPS) is 12.8. The van der Waals surface area contributed by atoms with Gasteiger partial charge in [-0.15, -0.1) is 0 Å². The van der Waals surface area contributed by atoms with Gasteiger partial charge < -0.3 is 33.3 Å². The molecule has 0 aromatic carbocycles. The third-order valence-electron chi connectivity index (χ3n) is 14.2. The Labute approximate surface area is 452 Å². The largest absolute Gasteiger partial charge is 0.545 e. The number of nitrogens with zero attached hydrogens (tertiary/aromatic N) is 1. The molecular weight excluding hydrogens is 911 g/mol. The Hall–Kier alpha value is -2.23. The van der Waals surface area contributed by atoms with Crippen LogP contribution in [0.5, 0.6) is 0 Å². The third kappa shape index (κ3) is 57.3. The van der Waals surface area contributed by atoms with Crippen molar-refractivity contribution in [3.8, 4) is 0 Å². The van der Waals surface area contributed by atoms with E-state index in [0.717, 1.165) is 51.4 Å². The number of carboxylic acids is 1. The molecule has 0 saturated heterocycles. The average Bonchev–Trinajstić information content (AvgIpc) is 3.36. The first-order valence-electron chi connectivity index (χ1n) is 31.5. The number of ether oxygens (including phenoxy) is 4. The van der Waals surface area contributed by atoms with Gasteiger partial charge in [-0.1, -0.05) is 276 Å². The molecule has 0 bridgehead atoms. The van der Waals surface area contributed by atoms with E-state index in [4.69, 9.17) is 18.9 Å². The molecule has 0 amide bonds. The van der Waals surface area contributed by atoms with E-state index < -0.39 is 24.3 Å². The molecular formula is C64H121NO8. The van der Waals surface area contributed by atoms with Gasteiger partial charge in [-0.25, -0.2) is 0 Å². The Morgan fingerprint density at radius 3 is 1.11 bits per heavy atom. The van der Waals surface area contributed by atoms with Crippen LogP contribution in [0.3, 0.4) is 0 Å². The van der Waals surface area contributed by atoms with Crippen molar-refractivity contribution in [1.29, 1.82) is 0 Å². The standard InChI is InChI=1S/C64H121NO8/c1-6-8-10-12-14-16-18-20-22-24-25-26-27-28-29-30-31-32-33-34-35-36-37-39-40-42-44-46-48-50-52-54-61(66)71-58-60(59-72-64(63(68)69)70-57-56-65(3,4)5)73-62(67)55-53-51-49-47-45-43-41-38-23-21-19-17-15-13-11-9-7-2/h15,17,21,23,60,64H,6-14,16,18-20,22,24-59H2,1-5H3/b17-15-,23-21-. The van der Waals surface area contributed by atoms with Gasteiger partial charge in [0.2, 0.25) is 0 Å². The minimum Gasteiger partial charge on any atom is -0.545 e. The van der Waals surface area contributed by atoms with Crippen molar-refractivity contribution in [2.75, 3.05) is 47.5 Å². The van der Waals surface area contributed by atoms with E-state index in [-0.39, 0.29) is 32.2 Å². The highest BCUT2D eigenvalue weighted by atomic mass is 16.7. The highest BCUT2D eigenvalue weighted by Crippen LogP contribution is 2.18. The van der Waals surface area contributed by atoms with Crippen LogP contribution in [-0.2, 0) is 33.3 Å². The number of rotatable bonds is 59. The zero-order chi connectivity index (χ0) is 53.4. The fraction of sp³-hybridized carbons (Fsp3) is 0.891. The first kappa shape index (κ1) is 70.8. The van der Waals surface area contributed by atoms with Crippen LogP contribution in [0.1, 0.15) is 309 Å². The van der Waals surface area contributed by atoms with E-state index in [2.05, 4.69) is 38.2 Å². The molecule has 73 heavy (non-hydrogen) atoms. The monoisotopic (exact) mass is 1030 g/mol. The number of hydrogen-bond acceptors (Lipinski definition) is 8. The van der Waals surface area contributed by atoms with Gasteiger partial charge in [0.1, 0.15) is 13.2 Å². The highest BCUT2D eigenvalue weighted by Gasteiger charge is 2.22. The van der Waals surface area contributed by atoms with E-state index in [9.17, 15) is 19.5 Å². The summed E-state index contributed by atoms with van der Waals surface area (Å²) in [6.07, 6.45) is 63.9. The van der Waals surface area contributed by atoms with Crippen molar-refractivity contribution < 1.29 is 42.9 Å². The molecule has 0 fully saturated rings.